The van der Waals surface area contributed by atoms with Crippen LogP contribution in [0.15, 0.2) is 53.4 Å². The lowest BCUT2D eigenvalue weighted by Crippen LogP contribution is -2.24. The molecule has 0 radical (unpaired) electrons. The quantitative estimate of drug-likeness (QED) is 0.565. The zero-order valence-electron chi connectivity index (χ0n) is 16.5. The lowest BCUT2D eigenvalue weighted by atomic mass is 10.3. The molecule has 3 aromatic rings. The Bertz CT molecular complexity index is 1160. The topological polar surface area (TPSA) is 88.6 Å². The number of sulfonamides is 1. The van der Waals surface area contributed by atoms with E-state index in [9.17, 15) is 13.2 Å². The van der Waals surface area contributed by atoms with Crippen LogP contribution in [0.25, 0.3) is 0 Å². The highest BCUT2D eigenvalue weighted by molar-refractivity contribution is 7.89. The van der Waals surface area contributed by atoms with Gasteiger partial charge in [-0.25, -0.2) is 17.7 Å². The second kappa shape index (κ2) is 9.13. The molecule has 7 nitrogen and oxygen atoms in total. The SMILES string of the molecule is Cc1nc(COc2ccc(Cl)cc2)sc1C(=O)Nc1ccccc1S(=O)(=O)N(C)C. The minimum atomic E-state index is -3.71. The van der Waals surface area contributed by atoms with Crippen LogP contribution in [-0.4, -0.2) is 37.7 Å². The van der Waals surface area contributed by atoms with Gasteiger partial charge in [0, 0.05) is 19.1 Å². The zero-order valence-corrected chi connectivity index (χ0v) is 18.9. The maximum atomic E-state index is 12.8. The number of hydrogen-bond acceptors (Lipinski definition) is 6. The highest BCUT2D eigenvalue weighted by Gasteiger charge is 2.23. The van der Waals surface area contributed by atoms with Crippen molar-refractivity contribution in [2.45, 2.75) is 18.4 Å². The number of halogens is 1. The number of nitrogens with one attached hydrogen (secondary N) is 1. The second-order valence-electron chi connectivity index (χ2n) is 6.50. The first-order valence-corrected chi connectivity index (χ1v) is 11.5. The van der Waals surface area contributed by atoms with Gasteiger partial charge in [0.05, 0.1) is 11.4 Å². The zero-order chi connectivity index (χ0) is 21.9. The van der Waals surface area contributed by atoms with Crippen molar-refractivity contribution in [3.63, 3.8) is 0 Å². The van der Waals surface area contributed by atoms with Crippen molar-refractivity contribution in [2.75, 3.05) is 19.4 Å². The highest BCUT2D eigenvalue weighted by atomic mass is 35.5. The monoisotopic (exact) mass is 465 g/mol. The summed E-state index contributed by atoms with van der Waals surface area (Å²) in [4.78, 5) is 17.6. The minimum absolute atomic E-state index is 0.0248. The Morgan fingerprint density at radius 2 is 1.83 bits per heavy atom. The van der Waals surface area contributed by atoms with E-state index >= 15 is 0 Å². The number of nitrogens with zero attached hydrogens (tertiary/aromatic N) is 2. The van der Waals surface area contributed by atoms with Crippen LogP contribution in [0.3, 0.4) is 0 Å². The van der Waals surface area contributed by atoms with E-state index in [1.54, 1.807) is 49.4 Å². The van der Waals surface area contributed by atoms with Gasteiger partial charge in [-0.3, -0.25) is 4.79 Å². The molecule has 0 aliphatic rings. The van der Waals surface area contributed by atoms with Gasteiger partial charge >= 0.3 is 0 Å². The average Bonchev–Trinajstić information content (AvgIpc) is 3.08. The Balaban J connectivity index is 1.76. The summed E-state index contributed by atoms with van der Waals surface area (Å²) in [6.07, 6.45) is 0. The molecule has 0 aliphatic carbocycles. The predicted molar refractivity (Wildman–Crippen MR) is 118 cm³/mol. The summed E-state index contributed by atoms with van der Waals surface area (Å²) in [7, 11) is -0.828. The van der Waals surface area contributed by atoms with Crippen molar-refractivity contribution in [1.82, 2.24) is 9.29 Å². The molecule has 0 bridgehead atoms. The van der Waals surface area contributed by atoms with E-state index < -0.39 is 15.9 Å². The summed E-state index contributed by atoms with van der Waals surface area (Å²) < 4.78 is 31.8. The summed E-state index contributed by atoms with van der Waals surface area (Å²) in [5.74, 6) is 0.213. The van der Waals surface area contributed by atoms with Crippen LogP contribution < -0.4 is 10.1 Å². The van der Waals surface area contributed by atoms with Crippen molar-refractivity contribution >= 4 is 44.6 Å². The maximum absolute atomic E-state index is 12.8. The molecule has 1 N–H and O–H groups in total. The van der Waals surface area contributed by atoms with Crippen LogP contribution >= 0.6 is 22.9 Å². The number of carbonyl (C=O) groups excluding carboxylic acids is 1. The van der Waals surface area contributed by atoms with Gasteiger partial charge in [0.25, 0.3) is 5.91 Å². The standard InChI is InChI=1S/C20H20ClN3O4S2/c1-13-19(29-18(22-13)12-28-15-10-8-14(21)9-11-15)20(25)23-16-6-4-5-7-17(16)30(26,27)24(2)3/h4-11H,12H2,1-3H3,(H,23,25). The minimum Gasteiger partial charge on any atom is -0.486 e. The number of thiazole rings is 1. The van der Waals surface area contributed by atoms with Crippen molar-refractivity contribution in [3.8, 4) is 5.75 Å². The van der Waals surface area contributed by atoms with Crippen LogP contribution in [0.5, 0.6) is 5.75 Å². The fourth-order valence-corrected chi connectivity index (χ4v) is 4.61. The van der Waals surface area contributed by atoms with Crippen LogP contribution in [0.1, 0.15) is 20.4 Å². The van der Waals surface area contributed by atoms with Crippen molar-refractivity contribution in [2.24, 2.45) is 0 Å². The molecule has 0 atom stereocenters. The molecule has 0 saturated heterocycles. The molecular formula is C20H20ClN3O4S2. The number of amides is 1. The number of aromatic nitrogens is 1. The fourth-order valence-electron chi connectivity index (χ4n) is 2.57. The van der Waals surface area contributed by atoms with Gasteiger partial charge in [0.2, 0.25) is 10.0 Å². The van der Waals surface area contributed by atoms with Gasteiger partial charge in [-0.2, -0.15) is 0 Å². The Kier molecular flexibility index (Phi) is 6.77. The van der Waals surface area contributed by atoms with E-state index in [0.29, 0.717) is 26.4 Å². The fraction of sp³-hybridized carbons (Fsp3) is 0.200. The van der Waals surface area contributed by atoms with Crippen molar-refractivity contribution < 1.29 is 17.9 Å². The summed E-state index contributed by atoms with van der Waals surface area (Å²) in [5.41, 5.74) is 0.753. The molecule has 30 heavy (non-hydrogen) atoms. The highest BCUT2D eigenvalue weighted by Crippen LogP contribution is 2.26. The van der Waals surface area contributed by atoms with Gasteiger partial charge in [0.1, 0.15) is 27.1 Å². The molecule has 0 unspecified atom stereocenters. The first kappa shape index (κ1) is 22.2. The first-order chi connectivity index (χ1) is 14.2. The van der Waals surface area contributed by atoms with Crippen LogP contribution in [0.2, 0.25) is 5.02 Å². The Morgan fingerprint density at radius 1 is 1.17 bits per heavy atom. The third-order valence-electron chi connectivity index (χ3n) is 4.12. The van der Waals surface area contributed by atoms with E-state index in [1.165, 1.54) is 31.5 Å². The lowest BCUT2D eigenvalue weighted by Gasteiger charge is -2.15. The maximum Gasteiger partial charge on any atom is 0.267 e. The summed E-state index contributed by atoms with van der Waals surface area (Å²) in [5, 5.41) is 3.93. The number of anilines is 1. The van der Waals surface area contributed by atoms with Gasteiger partial charge in [-0.05, 0) is 43.3 Å². The number of para-hydroxylation sites is 1. The molecule has 158 valence electrons. The molecule has 0 fully saturated rings. The van der Waals surface area contributed by atoms with Gasteiger partial charge < -0.3 is 10.1 Å². The van der Waals surface area contributed by atoms with E-state index in [4.69, 9.17) is 16.3 Å². The van der Waals surface area contributed by atoms with Gasteiger partial charge in [-0.15, -0.1) is 11.3 Å². The molecule has 2 aromatic carbocycles. The Labute approximate surface area is 184 Å². The van der Waals surface area contributed by atoms with E-state index in [0.717, 1.165) is 4.31 Å². The number of ether oxygens (including phenoxy) is 1. The van der Waals surface area contributed by atoms with E-state index in [2.05, 4.69) is 10.3 Å². The van der Waals surface area contributed by atoms with Crippen LogP contribution in [0.4, 0.5) is 5.69 Å². The largest absolute Gasteiger partial charge is 0.486 e. The average molecular weight is 466 g/mol. The molecule has 1 aromatic heterocycles. The molecule has 0 spiro atoms. The normalized spacial score (nSPS) is 11.5. The number of aryl methyl sites for hydroxylation is 1. The third kappa shape index (κ3) is 4.99. The van der Waals surface area contributed by atoms with Gasteiger partial charge in [-0.1, -0.05) is 23.7 Å². The third-order valence-corrected chi connectivity index (χ3v) is 7.37. The van der Waals surface area contributed by atoms with Gasteiger partial charge in [0.15, 0.2) is 0 Å². The summed E-state index contributed by atoms with van der Waals surface area (Å²) >= 11 is 7.06. The lowest BCUT2D eigenvalue weighted by molar-refractivity contribution is 0.102. The second-order valence-corrected chi connectivity index (χ2v) is 10.1. The molecule has 3 rings (SSSR count). The Morgan fingerprint density at radius 3 is 2.50 bits per heavy atom. The molecule has 10 heteroatoms. The Hall–Kier alpha value is -2.46. The summed E-state index contributed by atoms with van der Waals surface area (Å²) in [6.45, 7) is 1.92. The molecule has 1 heterocycles. The van der Waals surface area contributed by atoms with E-state index in [-0.39, 0.29) is 17.2 Å². The number of benzene rings is 2. The van der Waals surface area contributed by atoms with Crippen molar-refractivity contribution in [3.05, 3.63) is 69.1 Å². The van der Waals surface area contributed by atoms with Crippen LogP contribution in [0, 0.1) is 6.92 Å². The first-order valence-electron chi connectivity index (χ1n) is 8.86. The number of hydrogen-bond donors (Lipinski definition) is 1. The molecular weight excluding hydrogens is 446 g/mol. The number of rotatable bonds is 7. The molecule has 0 aliphatic heterocycles. The van der Waals surface area contributed by atoms with Crippen LogP contribution in [-0.2, 0) is 16.6 Å². The number of carbonyl (C=O) groups is 1. The molecule has 0 saturated carbocycles. The van der Waals surface area contributed by atoms with E-state index in [1.807, 2.05) is 0 Å². The smallest absolute Gasteiger partial charge is 0.267 e. The predicted octanol–water partition coefficient (Wildman–Crippen LogP) is 4.19. The van der Waals surface area contributed by atoms with Crippen molar-refractivity contribution in [1.29, 1.82) is 0 Å². The molecule has 1 amide bonds. The summed E-state index contributed by atoms with van der Waals surface area (Å²) in [6, 6.07) is 13.2.